The molecule has 0 aliphatic carbocycles. The summed E-state index contributed by atoms with van der Waals surface area (Å²) in [5, 5.41) is 11.5. The molecule has 0 saturated carbocycles. The molecule has 2 aromatic rings. The Morgan fingerprint density at radius 3 is 2.08 bits per heavy atom. The summed E-state index contributed by atoms with van der Waals surface area (Å²) in [6, 6.07) is 15.8. The molecule has 0 aliphatic rings. The lowest BCUT2D eigenvalue weighted by atomic mass is 9.77. The Morgan fingerprint density at radius 2 is 1.58 bits per heavy atom. The molecule has 0 fully saturated rings. The molecule has 3 unspecified atom stereocenters. The number of carbonyl (C=O) groups excluding carboxylic acids is 2. The van der Waals surface area contributed by atoms with Crippen molar-refractivity contribution in [2.45, 2.75) is 25.8 Å². The van der Waals surface area contributed by atoms with E-state index in [1.165, 1.54) is 6.92 Å². The van der Waals surface area contributed by atoms with Crippen LogP contribution >= 0.6 is 0 Å². The van der Waals surface area contributed by atoms with Crippen LogP contribution in [0.3, 0.4) is 0 Å². The molecular formula is C20H21NO5. The number of rotatable bonds is 8. The summed E-state index contributed by atoms with van der Waals surface area (Å²) in [7, 11) is 0. The molecule has 0 aliphatic heterocycles. The molecule has 0 bridgehead atoms. The predicted molar refractivity (Wildman–Crippen MR) is 96.5 cm³/mol. The van der Waals surface area contributed by atoms with E-state index < -0.39 is 34.6 Å². The number of benzene rings is 2. The lowest BCUT2D eigenvalue weighted by Gasteiger charge is -2.26. The fraction of sp³-hybridized carbons (Fsp3) is 0.300. The number of esters is 1. The van der Waals surface area contributed by atoms with Gasteiger partial charge in [-0.1, -0.05) is 60.7 Å². The highest BCUT2D eigenvalue weighted by Gasteiger charge is 2.44. The topological polar surface area (TPSA) is 86.5 Å². The normalized spacial score (nSPS) is 14.1. The first-order valence-electron chi connectivity index (χ1n) is 8.41. The third kappa shape index (κ3) is 4.33. The second-order valence-electron chi connectivity index (χ2n) is 5.92. The van der Waals surface area contributed by atoms with Crippen LogP contribution in [-0.2, 0) is 9.53 Å². The van der Waals surface area contributed by atoms with Crippen LogP contribution in [0.4, 0.5) is 0 Å². The zero-order valence-electron chi connectivity index (χ0n) is 14.7. The standard InChI is InChI=1S/C20H21NO5/c1-3-26-20(23)18(19(22)16-12-8-5-9-13-16)17(14(2)21(24)25)15-10-6-4-7-11-15/h4-14,17-18H,3H2,1-2H3. The first-order valence-corrected chi connectivity index (χ1v) is 8.41. The molecule has 2 aromatic carbocycles. The van der Waals surface area contributed by atoms with E-state index in [9.17, 15) is 19.7 Å². The number of nitrogens with zero attached hydrogens (tertiary/aromatic N) is 1. The molecule has 0 aromatic heterocycles. The Morgan fingerprint density at radius 1 is 1.04 bits per heavy atom. The van der Waals surface area contributed by atoms with Gasteiger partial charge in [0.1, 0.15) is 5.92 Å². The Bertz CT molecular complexity index is 760. The van der Waals surface area contributed by atoms with E-state index in [1.54, 1.807) is 67.6 Å². The molecule has 0 heterocycles. The van der Waals surface area contributed by atoms with Crippen molar-refractivity contribution < 1.29 is 19.2 Å². The van der Waals surface area contributed by atoms with E-state index in [-0.39, 0.29) is 6.61 Å². The van der Waals surface area contributed by atoms with Gasteiger partial charge in [0.2, 0.25) is 6.04 Å². The number of hydrogen-bond acceptors (Lipinski definition) is 5. The highest BCUT2D eigenvalue weighted by molar-refractivity contribution is 6.09. The number of hydrogen-bond donors (Lipinski definition) is 0. The average molecular weight is 355 g/mol. The fourth-order valence-corrected chi connectivity index (χ4v) is 2.99. The minimum atomic E-state index is -1.29. The molecule has 6 heteroatoms. The van der Waals surface area contributed by atoms with Crippen molar-refractivity contribution in [3.8, 4) is 0 Å². The van der Waals surface area contributed by atoms with Crippen LogP contribution in [0.1, 0.15) is 35.7 Å². The summed E-state index contributed by atoms with van der Waals surface area (Å²) in [6.07, 6.45) is 0. The maximum atomic E-state index is 13.1. The summed E-state index contributed by atoms with van der Waals surface area (Å²) in [5.41, 5.74) is 0.876. The van der Waals surface area contributed by atoms with Gasteiger partial charge in [-0.2, -0.15) is 0 Å². The molecule has 3 atom stereocenters. The highest BCUT2D eigenvalue weighted by atomic mass is 16.6. The van der Waals surface area contributed by atoms with Gasteiger partial charge in [-0.25, -0.2) is 0 Å². The van der Waals surface area contributed by atoms with Crippen molar-refractivity contribution in [3.63, 3.8) is 0 Å². The smallest absolute Gasteiger partial charge is 0.317 e. The second-order valence-corrected chi connectivity index (χ2v) is 5.92. The van der Waals surface area contributed by atoms with E-state index in [1.807, 2.05) is 0 Å². The zero-order chi connectivity index (χ0) is 19.1. The largest absolute Gasteiger partial charge is 0.465 e. The molecule has 0 N–H and O–H groups in total. The van der Waals surface area contributed by atoms with E-state index in [0.717, 1.165) is 0 Å². The second kappa shape index (κ2) is 8.89. The molecule has 6 nitrogen and oxygen atoms in total. The molecule has 2 rings (SSSR count). The Hall–Kier alpha value is -3.02. The van der Waals surface area contributed by atoms with E-state index in [0.29, 0.717) is 11.1 Å². The predicted octanol–water partition coefficient (Wildman–Crippen LogP) is 3.50. The van der Waals surface area contributed by atoms with Gasteiger partial charge in [-0.3, -0.25) is 19.7 Å². The van der Waals surface area contributed by atoms with Crippen molar-refractivity contribution in [3.05, 3.63) is 81.9 Å². The number of ether oxygens (including phenoxy) is 1. The molecule has 26 heavy (non-hydrogen) atoms. The molecule has 0 saturated heterocycles. The van der Waals surface area contributed by atoms with E-state index in [4.69, 9.17) is 4.74 Å². The van der Waals surface area contributed by atoms with Crippen LogP contribution in [0.2, 0.25) is 0 Å². The monoisotopic (exact) mass is 355 g/mol. The summed E-state index contributed by atoms with van der Waals surface area (Å²) in [5.74, 6) is -3.45. The first kappa shape index (κ1) is 19.3. The maximum Gasteiger partial charge on any atom is 0.317 e. The van der Waals surface area contributed by atoms with Crippen LogP contribution < -0.4 is 0 Å². The Balaban J connectivity index is 2.56. The SMILES string of the molecule is CCOC(=O)C(C(=O)c1ccccc1)C(c1ccccc1)C(C)[N+](=O)[O-]. The van der Waals surface area contributed by atoms with Gasteiger partial charge in [0, 0.05) is 17.4 Å². The van der Waals surface area contributed by atoms with Crippen LogP contribution in [0.25, 0.3) is 0 Å². The zero-order valence-corrected chi connectivity index (χ0v) is 14.7. The fourth-order valence-electron chi connectivity index (χ4n) is 2.99. The maximum absolute atomic E-state index is 13.1. The summed E-state index contributed by atoms with van der Waals surface area (Å²) < 4.78 is 5.10. The van der Waals surface area contributed by atoms with E-state index >= 15 is 0 Å². The first-order chi connectivity index (χ1) is 12.5. The lowest BCUT2D eigenvalue weighted by Crippen LogP contribution is -2.39. The Labute approximate surface area is 151 Å². The molecule has 0 amide bonds. The van der Waals surface area contributed by atoms with Crippen LogP contribution in [0, 0.1) is 16.0 Å². The quantitative estimate of drug-likeness (QED) is 0.238. The highest BCUT2D eigenvalue weighted by Crippen LogP contribution is 2.33. The van der Waals surface area contributed by atoms with Gasteiger partial charge in [0.05, 0.1) is 12.5 Å². The van der Waals surface area contributed by atoms with Gasteiger partial charge >= 0.3 is 5.97 Å². The third-order valence-corrected chi connectivity index (χ3v) is 4.28. The molecule has 0 spiro atoms. The van der Waals surface area contributed by atoms with Crippen molar-refractivity contribution >= 4 is 11.8 Å². The summed E-state index contributed by atoms with van der Waals surface area (Å²) >= 11 is 0. The van der Waals surface area contributed by atoms with Crippen molar-refractivity contribution in [2.75, 3.05) is 6.61 Å². The van der Waals surface area contributed by atoms with Crippen LogP contribution in [0.15, 0.2) is 60.7 Å². The minimum absolute atomic E-state index is 0.0890. The molecular weight excluding hydrogens is 334 g/mol. The van der Waals surface area contributed by atoms with Crippen molar-refractivity contribution in [1.29, 1.82) is 0 Å². The van der Waals surface area contributed by atoms with Gasteiger partial charge in [0.15, 0.2) is 5.78 Å². The molecule has 0 radical (unpaired) electrons. The third-order valence-electron chi connectivity index (χ3n) is 4.28. The Kier molecular flexibility index (Phi) is 6.60. The molecule has 136 valence electrons. The van der Waals surface area contributed by atoms with Crippen molar-refractivity contribution in [1.82, 2.24) is 0 Å². The number of Topliss-reactive ketones (excluding diaryl/α,β-unsaturated/α-hetero) is 1. The van der Waals surface area contributed by atoms with Crippen LogP contribution in [0.5, 0.6) is 0 Å². The van der Waals surface area contributed by atoms with Gasteiger partial charge < -0.3 is 4.74 Å². The summed E-state index contributed by atoms with van der Waals surface area (Å²) in [6.45, 7) is 3.13. The lowest BCUT2D eigenvalue weighted by molar-refractivity contribution is -0.523. The van der Waals surface area contributed by atoms with Crippen molar-refractivity contribution in [2.24, 2.45) is 5.92 Å². The van der Waals surface area contributed by atoms with E-state index in [2.05, 4.69) is 0 Å². The van der Waals surface area contributed by atoms with Gasteiger partial charge in [0.25, 0.3) is 0 Å². The minimum Gasteiger partial charge on any atom is -0.465 e. The average Bonchev–Trinajstić information content (AvgIpc) is 2.66. The summed E-state index contributed by atoms with van der Waals surface area (Å²) in [4.78, 5) is 36.7. The van der Waals surface area contributed by atoms with Gasteiger partial charge in [-0.15, -0.1) is 0 Å². The number of carbonyl (C=O) groups is 2. The number of ketones is 1. The van der Waals surface area contributed by atoms with Gasteiger partial charge in [-0.05, 0) is 12.5 Å². The van der Waals surface area contributed by atoms with Crippen LogP contribution in [-0.4, -0.2) is 29.3 Å². The number of nitro groups is 1.